The second-order valence-corrected chi connectivity index (χ2v) is 9.88. The van der Waals surface area contributed by atoms with Crippen LogP contribution in [0.3, 0.4) is 0 Å². The van der Waals surface area contributed by atoms with Gasteiger partial charge in [0, 0.05) is 19.4 Å². The van der Waals surface area contributed by atoms with Crippen LogP contribution in [0.1, 0.15) is 103 Å². The lowest BCUT2D eigenvalue weighted by Crippen LogP contribution is -2.53. The van der Waals surface area contributed by atoms with E-state index in [1.165, 1.54) is 57.4 Å². The molecule has 0 fully saturated rings. The first-order valence-electron chi connectivity index (χ1n) is 14.5. The number of nitrogens with one attached hydrogen (secondary N) is 2. The lowest BCUT2D eigenvalue weighted by atomic mass is 10.1. The first-order chi connectivity index (χ1) is 18.9. The van der Waals surface area contributed by atoms with E-state index < -0.39 is 30.1 Å². The zero-order valence-corrected chi connectivity index (χ0v) is 23.9. The van der Waals surface area contributed by atoms with E-state index in [1.807, 2.05) is 30.3 Å². The van der Waals surface area contributed by atoms with E-state index in [2.05, 4.69) is 24.1 Å². The Hall–Kier alpha value is -3.16. The normalized spacial score (nSPS) is 12.2. The number of unbranched alkanes of at least 4 members (excludes halogenated alkanes) is 10. The van der Waals surface area contributed by atoms with Gasteiger partial charge in [-0.15, -0.1) is 0 Å². The molecule has 2 amide bonds. The molecule has 1 rings (SSSR count). The molecule has 0 aliphatic heterocycles. The minimum absolute atomic E-state index is 0.0296. The van der Waals surface area contributed by atoms with Crippen molar-refractivity contribution in [3.05, 3.63) is 48.6 Å². The Morgan fingerprint density at radius 1 is 0.872 bits per heavy atom. The standard InChI is InChI=1S/C31H48N2O6/c1-4-6-7-8-9-10-11-12-13-14-18-21-28(35)39-25(3)29(30(36)32-23-22-27(34)5-2)33-31(37)38-24-26-19-16-15-17-20-26/h5,15-17,19-20,25,29H,2,4,6-14,18,21-24H2,1,3H3,(H,32,36)(H,33,37)/t25?,29-/m0/s1. The van der Waals surface area contributed by atoms with Crippen LogP contribution in [0.2, 0.25) is 0 Å². The highest BCUT2D eigenvalue weighted by Crippen LogP contribution is 2.13. The van der Waals surface area contributed by atoms with Gasteiger partial charge < -0.3 is 20.1 Å². The highest BCUT2D eigenvalue weighted by atomic mass is 16.6. The third kappa shape index (κ3) is 17.1. The van der Waals surface area contributed by atoms with Crippen molar-refractivity contribution in [2.45, 2.75) is 116 Å². The summed E-state index contributed by atoms with van der Waals surface area (Å²) in [5.74, 6) is -1.20. The number of ether oxygens (including phenoxy) is 2. The molecular formula is C31H48N2O6. The van der Waals surface area contributed by atoms with Crippen LogP contribution in [-0.2, 0) is 30.5 Å². The van der Waals surface area contributed by atoms with Crippen molar-refractivity contribution in [1.82, 2.24) is 10.6 Å². The number of hydrogen-bond acceptors (Lipinski definition) is 6. The Labute approximate surface area is 234 Å². The number of esters is 1. The molecule has 0 aliphatic carbocycles. The van der Waals surface area contributed by atoms with E-state index in [-0.39, 0.29) is 31.8 Å². The largest absolute Gasteiger partial charge is 0.460 e. The summed E-state index contributed by atoms with van der Waals surface area (Å²) in [6.45, 7) is 7.28. The molecule has 0 spiro atoms. The van der Waals surface area contributed by atoms with E-state index in [0.29, 0.717) is 0 Å². The predicted octanol–water partition coefficient (Wildman–Crippen LogP) is 6.18. The average Bonchev–Trinajstić information content (AvgIpc) is 2.93. The molecule has 218 valence electrons. The smallest absolute Gasteiger partial charge is 0.408 e. The van der Waals surface area contributed by atoms with Crippen molar-refractivity contribution in [2.24, 2.45) is 0 Å². The number of alkyl carbamates (subject to hydrolysis) is 1. The van der Waals surface area contributed by atoms with E-state index in [1.54, 1.807) is 6.92 Å². The first kappa shape index (κ1) is 33.9. The van der Waals surface area contributed by atoms with Crippen molar-refractivity contribution in [1.29, 1.82) is 0 Å². The van der Waals surface area contributed by atoms with Gasteiger partial charge in [0.2, 0.25) is 5.91 Å². The molecule has 2 atom stereocenters. The van der Waals surface area contributed by atoms with Crippen molar-refractivity contribution in [2.75, 3.05) is 6.54 Å². The SMILES string of the molecule is C=CC(=O)CCNC(=O)[C@@H](NC(=O)OCc1ccccc1)C(C)OC(=O)CCCCCCCCCCCCC. The topological polar surface area (TPSA) is 111 Å². The molecule has 0 aliphatic rings. The predicted molar refractivity (Wildman–Crippen MR) is 153 cm³/mol. The summed E-state index contributed by atoms with van der Waals surface area (Å²) in [7, 11) is 0. The van der Waals surface area contributed by atoms with Gasteiger partial charge in [0.05, 0.1) is 0 Å². The maximum absolute atomic E-state index is 12.8. The molecule has 39 heavy (non-hydrogen) atoms. The Kier molecular flexibility index (Phi) is 18.9. The second-order valence-electron chi connectivity index (χ2n) is 9.88. The van der Waals surface area contributed by atoms with E-state index in [9.17, 15) is 19.2 Å². The molecule has 0 aromatic heterocycles. The zero-order chi connectivity index (χ0) is 28.7. The van der Waals surface area contributed by atoms with Gasteiger partial charge in [-0.1, -0.05) is 108 Å². The third-order valence-corrected chi connectivity index (χ3v) is 6.44. The summed E-state index contributed by atoms with van der Waals surface area (Å²) in [4.78, 5) is 49.1. The van der Waals surface area contributed by atoms with Crippen molar-refractivity contribution < 1.29 is 28.7 Å². The Balaban J connectivity index is 2.45. The number of amides is 2. The molecule has 2 N–H and O–H groups in total. The number of carbonyl (C=O) groups excluding carboxylic acids is 4. The van der Waals surface area contributed by atoms with E-state index >= 15 is 0 Å². The van der Waals surface area contributed by atoms with Crippen molar-refractivity contribution in [3.8, 4) is 0 Å². The maximum atomic E-state index is 12.8. The van der Waals surface area contributed by atoms with Gasteiger partial charge >= 0.3 is 12.1 Å². The van der Waals surface area contributed by atoms with Crippen LogP contribution in [-0.4, -0.2) is 42.4 Å². The zero-order valence-electron chi connectivity index (χ0n) is 23.9. The number of ketones is 1. The number of benzene rings is 1. The minimum atomic E-state index is -1.17. The summed E-state index contributed by atoms with van der Waals surface area (Å²) in [6, 6.07) is 7.96. The third-order valence-electron chi connectivity index (χ3n) is 6.44. The summed E-state index contributed by atoms with van der Waals surface area (Å²) >= 11 is 0. The number of hydrogen-bond donors (Lipinski definition) is 2. The lowest BCUT2D eigenvalue weighted by molar-refractivity contribution is -0.151. The molecule has 1 aromatic carbocycles. The Morgan fingerprint density at radius 2 is 1.46 bits per heavy atom. The number of carbonyl (C=O) groups is 4. The Morgan fingerprint density at radius 3 is 2.05 bits per heavy atom. The maximum Gasteiger partial charge on any atom is 0.408 e. The van der Waals surface area contributed by atoms with Crippen molar-refractivity contribution in [3.63, 3.8) is 0 Å². The first-order valence-corrected chi connectivity index (χ1v) is 14.5. The van der Waals surface area contributed by atoms with Crippen molar-refractivity contribution >= 4 is 23.8 Å². The quantitative estimate of drug-likeness (QED) is 0.103. The molecule has 1 unspecified atom stereocenters. The van der Waals surface area contributed by atoms with Crippen LogP contribution in [0.4, 0.5) is 4.79 Å². The molecule has 8 heteroatoms. The number of rotatable bonds is 22. The molecule has 0 heterocycles. The monoisotopic (exact) mass is 544 g/mol. The minimum Gasteiger partial charge on any atom is -0.460 e. The summed E-state index contributed by atoms with van der Waals surface area (Å²) in [5.41, 5.74) is 0.794. The average molecular weight is 545 g/mol. The van der Waals surface area contributed by atoms with Crippen LogP contribution < -0.4 is 10.6 Å². The van der Waals surface area contributed by atoms with Gasteiger partial charge in [-0.3, -0.25) is 14.4 Å². The molecule has 0 radical (unpaired) electrons. The van der Waals surface area contributed by atoms with E-state index in [0.717, 1.165) is 24.8 Å². The molecule has 0 bridgehead atoms. The molecular weight excluding hydrogens is 496 g/mol. The van der Waals surface area contributed by atoms with Gasteiger partial charge in [-0.25, -0.2) is 4.79 Å². The second kappa shape index (κ2) is 21.7. The van der Waals surface area contributed by atoms with Crippen LogP contribution >= 0.6 is 0 Å². The summed E-state index contributed by atoms with van der Waals surface area (Å²) in [5, 5.41) is 5.10. The fourth-order valence-corrected chi connectivity index (χ4v) is 4.08. The molecule has 8 nitrogen and oxygen atoms in total. The fraction of sp³-hybridized carbons (Fsp3) is 0.613. The highest BCUT2D eigenvalue weighted by Gasteiger charge is 2.30. The molecule has 1 aromatic rings. The van der Waals surface area contributed by atoms with Gasteiger partial charge in [0.25, 0.3) is 0 Å². The Bertz CT molecular complexity index is 858. The van der Waals surface area contributed by atoms with Gasteiger partial charge in [-0.2, -0.15) is 0 Å². The summed E-state index contributed by atoms with van der Waals surface area (Å²) < 4.78 is 10.7. The molecule has 0 saturated heterocycles. The van der Waals surface area contributed by atoms with Crippen LogP contribution in [0.15, 0.2) is 43.0 Å². The van der Waals surface area contributed by atoms with E-state index in [4.69, 9.17) is 9.47 Å². The van der Waals surface area contributed by atoms with Crippen LogP contribution in [0.5, 0.6) is 0 Å². The fourth-order valence-electron chi connectivity index (χ4n) is 4.08. The van der Waals surface area contributed by atoms with Gasteiger partial charge in [-0.05, 0) is 25.0 Å². The molecule has 0 saturated carbocycles. The summed E-state index contributed by atoms with van der Waals surface area (Å²) in [6.07, 6.45) is 12.8. The van der Waals surface area contributed by atoms with Gasteiger partial charge in [0.15, 0.2) is 5.78 Å². The van der Waals surface area contributed by atoms with Crippen LogP contribution in [0, 0.1) is 0 Å². The van der Waals surface area contributed by atoms with Gasteiger partial charge in [0.1, 0.15) is 18.8 Å². The lowest BCUT2D eigenvalue weighted by Gasteiger charge is -2.24. The van der Waals surface area contributed by atoms with Crippen LogP contribution in [0.25, 0.3) is 0 Å². The highest BCUT2D eigenvalue weighted by molar-refractivity contribution is 5.90. The number of allylic oxidation sites excluding steroid dienone is 1.